The van der Waals surface area contributed by atoms with Gasteiger partial charge in [-0.3, -0.25) is 0 Å². The van der Waals surface area contributed by atoms with Gasteiger partial charge in [-0.2, -0.15) is 0 Å². The van der Waals surface area contributed by atoms with Gasteiger partial charge in [0.15, 0.2) is 0 Å². The van der Waals surface area contributed by atoms with Crippen LogP contribution in [0.5, 0.6) is 0 Å². The molecular weight excluding hydrogens is 209 g/mol. The van der Waals surface area contributed by atoms with E-state index >= 15 is 0 Å². The van der Waals surface area contributed by atoms with Crippen LogP contribution in [0.4, 0.5) is 4.39 Å². The quantitative estimate of drug-likeness (QED) is 0.705. The number of benzene rings is 1. The molecule has 0 saturated heterocycles. The number of aromatic nitrogens is 1. The first kappa shape index (κ1) is 8.66. The van der Waals surface area contributed by atoms with Gasteiger partial charge in [0.1, 0.15) is 10.8 Å². The molecule has 0 bridgehead atoms. The molecule has 0 N–H and O–H groups in total. The summed E-state index contributed by atoms with van der Waals surface area (Å²) in [6, 6.07) is 4.68. The molecule has 1 nitrogen and oxygen atoms in total. The minimum atomic E-state index is -0.408. The fraction of sp³-hybridized carbons (Fsp3) is 0. The lowest BCUT2D eigenvalue weighted by Crippen LogP contribution is -1.79. The van der Waals surface area contributed by atoms with Crippen LogP contribution in [0.25, 0.3) is 10.6 Å². The summed E-state index contributed by atoms with van der Waals surface area (Å²) in [5.74, 6) is -0.408. The minimum absolute atomic E-state index is 0.139. The van der Waals surface area contributed by atoms with E-state index in [2.05, 4.69) is 4.98 Å². The fourth-order valence-corrected chi connectivity index (χ4v) is 1.75. The standard InChI is InChI=1S/C9H5ClFNS/c10-7-2-1-6(5-8(7)11)9-12-3-4-13-9/h1-5H. The highest BCUT2D eigenvalue weighted by molar-refractivity contribution is 7.13. The SMILES string of the molecule is Fc1cc(-c2nccs2)ccc1Cl. The highest BCUT2D eigenvalue weighted by atomic mass is 35.5. The molecule has 0 aliphatic rings. The summed E-state index contributed by atoms with van der Waals surface area (Å²) in [6.45, 7) is 0. The third kappa shape index (κ3) is 1.71. The highest BCUT2D eigenvalue weighted by Crippen LogP contribution is 2.25. The van der Waals surface area contributed by atoms with Crippen molar-refractivity contribution in [2.75, 3.05) is 0 Å². The lowest BCUT2D eigenvalue weighted by molar-refractivity contribution is 0.629. The lowest BCUT2D eigenvalue weighted by Gasteiger charge is -1.97. The highest BCUT2D eigenvalue weighted by Gasteiger charge is 2.04. The Morgan fingerprint density at radius 3 is 2.85 bits per heavy atom. The number of rotatable bonds is 1. The molecule has 1 heterocycles. The van der Waals surface area contributed by atoms with Crippen LogP contribution < -0.4 is 0 Å². The van der Waals surface area contributed by atoms with E-state index in [-0.39, 0.29) is 5.02 Å². The van der Waals surface area contributed by atoms with E-state index in [9.17, 15) is 4.39 Å². The van der Waals surface area contributed by atoms with E-state index in [4.69, 9.17) is 11.6 Å². The van der Waals surface area contributed by atoms with Crippen molar-refractivity contribution in [2.45, 2.75) is 0 Å². The number of hydrogen-bond acceptors (Lipinski definition) is 2. The zero-order valence-corrected chi connectivity index (χ0v) is 8.07. The Bertz CT molecular complexity index is 414. The molecule has 2 aromatic rings. The first-order valence-corrected chi connectivity index (χ1v) is 4.88. The van der Waals surface area contributed by atoms with E-state index in [0.717, 1.165) is 10.6 Å². The molecule has 1 aromatic heterocycles. The first-order chi connectivity index (χ1) is 6.27. The van der Waals surface area contributed by atoms with Crippen LogP contribution in [0.2, 0.25) is 5.02 Å². The van der Waals surface area contributed by atoms with Crippen LogP contribution >= 0.6 is 22.9 Å². The van der Waals surface area contributed by atoms with Crippen molar-refractivity contribution in [2.24, 2.45) is 0 Å². The van der Waals surface area contributed by atoms with E-state index in [1.54, 1.807) is 12.3 Å². The maximum absolute atomic E-state index is 13.0. The zero-order valence-electron chi connectivity index (χ0n) is 6.50. The molecule has 2 rings (SSSR count). The van der Waals surface area contributed by atoms with Crippen molar-refractivity contribution in [3.8, 4) is 10.6 Å². The van der Waals surface area contributed by atoms with Crippen molar-refractivity contribution in [3.05, 3.63) is 40.6 Å². The number of hydrogen-bond donors (Lipinski definition) is 0. The number of halogens is 2. The smallest absolute Gasteiger partial charge is 0.142 e. The maximum atomic E-state index is 13.0. The van der Waals surface area contributed by atoms with Crippen LogP contribution in [-0.4, -0.2) is 4.98 Å². The summed E-state index contributed by atoms with van der Waals surface area (Å²) in [4.78, 5) is 4.07. The number of nitrogens with zero attached hydrogens (tertiary/aromatic N) is 1. The maximum Gasteiger partial charge on any atom is 0.142 e. The Kier molecular flexibility index (Phi) is 2.29. The summed E-state index contributed by atoms with van der Waals surface area (Å²) in [6.07, 6.45) is 1.69. The van der Waals surface area contributed by atoms with Crippen LogP contribution in [0.1, 0.15) is 0 Å². The van der Waals surface area contributed by atoms with Crippen LogP contribution in [0.15, 0.2) is 29.8 Å². The Morgan fingerprint density at radius 1 is 1.38 bits per heavy atom. The van der Waals surface area contributed by atoms with Crippen LogP contribution in [0.3, 0.4) is 0 Å². The average molecular weight is 214 g/mol. The summed E-state index contributed by atoms with van der Waals surface area (Å²) in [5.41, 5.74) is 0.761. The largest absolute Gasteiger partial charge is 0.245 e. The Hall–Kier alpha value is -0.930. The monoisotopic (exact) mass is 213 g/mol. The summed E-state index contributed by atoms with van der Waals surface area (Å²) >= 11 is 7.02. The third-order valence-corrected chi connectivity index (χ3v) is 2.73. The van der Waals surface area contributed by atoms with E-state index in [1.165, 1.54) is 23.5 Å². The van der Waals surface area contributed by atoms with Crippen molar-refractivity contribution in [3.63, 3.8) is 0 Å². The van der Waals surface area contributed by atoms with Gasteiger partial charge in [0.25, 0.3) is 0 Å². The molecule has 66 valence electrons. The molecule has 0 aliphatic heterocycles. The predicted molar refractivity (Wildman–Crippen MR) is 52.5 cm³/mol. The van der Waals surface area contributed by atoms with Crippen molar-refractivity contribution >= 4 is 22.9 Å². The van der Waals surface area contributed by atoms with E-state index in [1.807, 2.05) is 5.38 Å². The normalized spacial score (nSPS) is 10.3. The van der Waals surface area contributed by atoms with Crippen molar-refractivity contribution in [1.29, 1.82) is 0 Å². The molecule has 0 fully saturated rings. The molecule has 0 amide bonds. The molecule has 0 atom stereocenters. The molecular formula is C9H5ClFNS. The molecule has 0 aliphatic carbocycles. The summed E-state index contributed by atoms with van der Waals surface area (Å²) < 4.78 is 13.0. The van der Waals surface area contributed by atoms with E-state index in [0.29, 0.717) is 0 Å². The van der Waals surface area contributed by atoms with Gasteiger partial charge in [0.05, 0.1) is 5.02 Å². The van der Waals surface area contributed by atoms with Crippen LogP contribution in [-0.2, 0) is 0 Å². The van der Waals surface area contributed by atoms with Gasteiger partial charge < -0.3 is 0 Å². The average Bonchev–Trinajstić information content (AvgIpc) is 2.62. The molecule has 0 saturated carbocycles. The molecule has 0 radical (unpaired) electrons. The molecule has 13 heavy (non-hydrogen) atoms. The Labute approximate surface area is 83.8 Å². The zero-order chi connectivity index (χ0) is 9.26. The Balaban J connectivity index is 2.49. The second-order valence-electron chi connectivity index (χ2n) is 2.47. The first-order valence-electron chi connectivity index (χ1n) is 3.62. The van der Waals surface area contributed by atoms with Crippen molar-refractivity contribution < 1.29 is 4.39 Å². The van der Waals surface area contributed by atoms with Gasteiger partial charge in [0, 0.05) is 17.1 Å². The molecule has 0 spiro atoms. The molecule has 1 aromatic carbocycles. The van der Waals surface area contributed by atoms with Gasteiger partial charge in [-0.25, -0.2) is 9.37 Å². The van der Waals surface area contributed by atoms with Gasteiger partial charge in [-0.15, -0.1) is 11.3 Å². The second-order valence-corrected chi connectivity index (χ2v) is 3.77. The van der Waals surface area contributed by atoms with Gasteiger partial charge in [-0.1, -0.05) is 17.7 Å². The van der Waals surface area contributed by atoms with E-state index < -0.39 is 5.82 Å². The molecule has 4 heteroatoms. The fourth-order valence-electron chi connectivity index (χ4n) is 0.995. The third-order valence-electron chi connectivity index (χ3n) is 1.60. The predicted octanol–water partition coefficient (Wildman–Crippen LogP) is 3.60. The van der Waals surface area contributed by atoms with Gasteiger partial charge >= 0.3 is 0 Å². The Morgan fingerprint density at radius 2 is 2.23 bits per heavy atom. The van der Waals surface area contributed by atoms with Crippen LogP contribution in [0, 0.1) is 5.82 Å². The van der Waals surface area contributed by atoms with Crippen molar-refractivity contribution in [1.82, 2.24) is 4.98 Å². The molecule has 0 unspecified atom stereocenters. The minimum Gasteiger partial charge on any atom is -0.245 e. The van der Waals surface area contributed by atoms with Gasteiger partial charge in [-0.05, 0) is 12.1 Å². The summed E-state index contributed by atoms with van der Waals surface area (Å²) in [5, 5.41) is 2.79. The number of thiazole rings is 1. The lowest BCUT2D eigenvalue weighted by atomic mass is 10.2. The summed E-state index contributed by atoms with van der Waals surface area (Å²) in [7, 11) is 0. The second kappa shape index (κ2) is 3.44. The topological polar surface area (TPSA) is 12.9 Å². The van der Waals surface area contributed by atoms with Gasteiger partial charge in [0.2, 0.25) is 0 Å².